The summed E-state index contributed by atoms with van der Waals surface area (Å²) in [7, 11) is 1.36. The Morgan fingerprint density at radius 1 is 1.24 bits per heavy atom. The SMILES string of the molecule is COC(=O)c1c(C)nc(C)nc1SCc1csc(-c2ccccn2)n1. The first-order chi connectivity index (χ1) is 12.1. The predicted molar refractivity (Wildman–Crippen MR) is 97.8 cm³/mol. The minimum absolute atomic E-state index is 0.415. The molecule has 128 valence electrons. The van der Waals surface area contributed by atoms with Crippen molar-refractivity contribution < 1.29 is 9.53 Å². The summed E-state index contributed by atoms with van der Waals surface area (Å²) in [5, 5.41) is 3.49. The molecule has 0 spiro atoms. The van der Waals surface area contributed by atoms with Gasteiger partial charge < -0.3 is 4.74 Å². The van der Waals surface area contributed by atoms with E-state index in [2.05, 4.69) is 19.9 Å². The van der Waals surface area contributed by atoms with E-state index < -0.39 is 5.97 Å². The molecule has 6 nitrogen and oxygen atoms in total. The first-order valence-corrected chi connectivity index (χ1v) is 9.37. The number of carbonyl (C=O) groups excluding carboxylic acids is 1. The minimum atomic E-state index is -0.424. The van der Waals surface area contributed by atoms with Crippen LogP contribution in [0.4, 0.5) is 0 Å². The number of pyridine rings is 1. The number of nitrogens with zero attached hydrogens (tertiary/aromatic N) is 4. The van der Waals surface area contributed by atoms with Gasteiger partial charge in [-0.1, -0.05) is 17.8 Å². The highest BCUT2D eigenvalue weighted by molar-refractivity contribution is 7.98. The van der Waals surface area contributed by atoms with Gasteiger partial charge in [-0.05, 0) is 26.0 Å². The molecule has 0 aliphatic carbocycles. The number of carbonyl (C=O) groups is 1. The first-order valence-electron chi connectivity index (χ1n) is 7.50. The molecule has 3 aromatic heterocycles. The summed E-state index contributed by atoms with van der Waals surface area (Å²) in [6.07, 6.45) is 1.75. The van der Waals surface area contributed by atoms with Gasteiger partial charge in [0.15, 0.2) is 0 Å². The minimum Gasteiger partial charge on any atom is -0.465 e. The van der Waals surface area contributed by atoms with Crippen LogP contribution in [0.2, 0.25) is 0 Å². The van der Waals surface area contributed by atoms with E-state index in [1.54, 1.807) is 31.4 Å². The van der Waals surface area contributed by atoms with Crippen molar-refractivity contribution in [1.29, 1.82) is 0 Å². The number of rotatable bonds is 5. The average Bonchev–Trinajstić information content (AvgIpc) is 3.08. The normalized spacial score (nSPS) is 10.7. The second kappa shape index (κ2) is 7.71. The molecule has 0 N–H and O–H groups in total. The third kappa shape index (κ3) is 4.02. The van der Waals surface area contributed by atoms with Crippen LogP contribution >= 0.6 is 23.1 Å². The molecule has 8 heteroatoms. The lowest BCUT2D eigenvalue weighted by Gasteiger charge is -2.09. The van der Waals surface area contributed by atoms with Gasteiger partial charge in [-0.25, -0.2) is 19.7 Å². The van der Waals surface area contributed by atoms with E-state index in [0.717, 1.165) is 16.4 Å². The highest BCUT2D eigenvalue weighted by atomic mass is 32.2. The summed E-state index contributed by atoms with van der Waals surface area (Å²) in [4.78, 5) is 29.6. The van der Waals surface area contributed by atoms with Crippen LogP contribution in [0.15, 0.2) is 34.8 Å². The molecule has 0 saturated heterocycles. The van der Waals surface area contributed by atoms with Gasteiger partial charge in [0.25, 0.3) is 0 Å². The zero-order valence-electron chi connectivity index (χ0n) is 14.0. The van der Waals surface area contributed by atoms with E-state index >= 15 is 0 Å². The number of thiazole rings is 1. The predicted octanol–water partition coefficient (Wildman–Crippen LogP) is 3.69. The summed E-state index contributed by atoms with van der Waals surface area (Å²) in [5.41, 5.74) is 2.81. The molecular weight excluding hydrogens is 356 g/mol. The molecule has 0 aliphatic heterocycles. The standard InChI is InChI=1S/C17H16N4O2S2/c1-10-14(17(22)23-3)16(20-11(2)19-10)25-9-12-8-24-15(21-12)13-6-4-5-7-18-13/h4-8H,9H2,1-3H3. The van der Waals surface area contributed by atoms with Gasteiger partial charge in [0.05, 0.1) is 24.2 Å². The Bertz CT molecular complexity index is 897. The van der Waals surface area contributed by atoms with E-state index in [-0.39, 0.29) is 0 Å². The molecule has 3 heterocycles. The largest absolute Gasteiger partial charge is 0.465 e. The first kappa shape index (κ1) is 17.5. The topological polar surface area (TPSA) is 77.9 Å². The molecule has 0 saturated carbocycles. The molecule has 0 atom stereocenters. The Morgan fingerprint density at radius 2 is 2.08 bits per heavy atom. The Labute approximate surface area is 153 Å². The molecule has 25 heavy (non-hydrogen) atoms. The molecule has 3 rings (SSSR count). The smallest absolute Gasteiger partial charge is 0.342 e. The van der Waals surface area contributed by atoms with Gasteiger partial charge in [-0.15, -0.1) is 11.3 Å². The highest BCUT2D eigenvalue weighted by Gasteiger charge is 2.19. The fourth-order valence-electron chi connectivity index (χ4n) is 2.25. The van der Waals surface area contributed by atoms with Crippen molar-refractivity contribution in [2.75, 3.05) is 7.11 Å². The second-order valence-electron chi connectivity index (χ2n) is 5.18. The number of aromatic nitrogens is 4. The lowest BCUT2D eigenvalue weighted by Crippen LogP contribution is -2.10. The molecule has 0 radical (unpaired) electrons. The van der Waals surface area contributed by atoms with Crippen LogP contribution in [0.25, 0.3) is 10.7 Å². The summed E-state index contributed by atoms with van der Waals surface area (Å²) in [6.45, 7) is 3.59. The third-order valence-corrected chi connectivity index (χ3v) is 5.27. The van der Waals surface area contributed by atoms with Crippen molar-refractivity contribution in [2.45, 2.75) is 24.6 Å². The monoisotopic (exact) mass is 372 g/mol. The van der Waals surface area contributed by atoms with Crippen LogP contribution in [-0.2, 0) is 10.5 Å². The van der Waals surface area contributed by atoms with Crippen molar-refractivity contribution >= 4 is 29.1 Å². The maximum atomic E-state index is 12.0. The summed E-state index contributed by atoms with van der Waals surface area (Å²) >= 11 is 3.00. The molecular formula is C17H16N4O2S2. The van der Waals surface area contributed by atoms with Crippen LogP contribution in [-0.4, -0.2) is 33.0 Å². The summed E-state index contributed by atoms with van der Waals surface area (Å²) in [6, 6.07) is 5.75. The number of hydrogen-bond donors (Lipinski definition) is 0. The van der Waals surface area contributed by atoms with E-state index in [1.807, 2.05) is 23.6 Å². The highest BCUT2D eigenvalue weighted by Crippen LogP contribution is 2.29. The maximum Gasteiger partial charge on any atom is 0.342 e. The maximum absolute atomic E-state index is 12.0. The Morgan fingerprint density at radius 3 is 2.80 bits per heavy atom. The lowest BCUT2D eigenvalue weighted by molar-refractivity contribution is 0.0594. The summed E-state index contributed by atoms with van der Waals surface area (Å²) < 4.78 is 4.86. The molecule has 0 bridgehead atoms. The number of thioether (sulfide) groups is 1. The van der Waals surface area contributed by atoms with Gasteiger partial charge in [-0.3, -0.25) is 4.98 Å². The fraction of sp³-hybridized carbons (Fsp3) is 0.235. The number of methoxy groups -OCH3 is 1. The van der Waals surface area contributed by atoms with E-state index in [0.29, 0.717) is 27.9 Å². The number of esters is 1. The van der Waals surface area contributed by atoms with Gasteiger partial charge in [0.1, 0.15) is 21.4 Å². The van der Waals surface area contributed by atoms with Crippen molar-refractivity contribution in [3.8, 4) is 10.7 Å². The Balaban J connectivity index is 1.80. The van der Waals surface area contributed by atoms with Crippen molar-refractivity contribution in [3.63, 3.8) is 0 Å². The van der Waals surface area contributed by atoms with Gasteiger partial charge in [0.2, 0.25) is 0 Å². The van der Waals surface area contributed by atoms with E-state index in [9.17, 15) is 4.79 Å². The zero-order valence-corrected chi connectivity index (χ0v) is 15.6. The van der Waals surface area contributed by atoms with Gasteiger partial charge in [0, 0.05) is 17.3 Å². The molecule has 0 unspecified atom stereocenters. The lowest BCUT2D eigenvalue weighted by atomic mass is 10.2. The van der Waals surface area contributed by atoms with Crippen LogP contribution in [0.1, 0.15) is 27.6 Å². The molecule has 0 aromatic carbocycles. The zero-order chi connectivity index (χ0) is 17.8. The van der Waals surface area contributed by atoms with Gasteiger partial charge in [-0.2, -0.15) is 0 Å². The molecule has 0 amide bonds. The van der Waals surface area contributed by atoms with Crippen molar-refractivity contribution in [3.05, 3.63) is 52.6 Å². The fourth-order valence-corrected chi connectivity index (χ4v) is 4.15. The van der Waals surface area contributed by atoms with Crippen LogP contribution in [0.3, 0.4) is 0 Å². The quantitative estimate of drug-likeness (QED) is 0.384. The number of hydrogen-bond acceptors (Lipinski definition) is 8. The summed E-state index contributed by atoms with van der Waals surface area (Å²) in [5.74, 6) is 0.802. The number of aryl methyl sites for hydroxylation is 2. The Kier molecular flexibility index (Phi) is 5.40. The van der Waals surface area contributed by atoms with Crippen molar-refractivity contribution in [1.82, 2.24) is 19.9 Å². The Hall–Kier alpha value is -2.32. The van der Waals surface area contributed by atoms with Crippen LogP contribution in [0.5, 0.6) is 0 Å². The van der Waals surface area contributed by atoms with Crippen LogP contribution in [0, 0.1) is 13.8 Å². The molecule has 3 aromatic rings. The molecule has 0 fully saturated rings. The third-order valence-electron chi connectivity index (χ3n) is 3.35. The van der Waals surface area contributed by atoms with E-state index in [4.69, 9.17) is 4.74 Å². The molecule has 0 aliphatic rings. The van der Waals surface area contributed by atoms with E-state index in [1.165, 1.54) is 18.9 Å². The van der Waals surface area contributed by atoms with Crippen LogP contribution < -0.4 is 0 Å². The average molecular weight is 372 g/mol. The van der Waals surface area contributed by atoms with Crippen molar-refractivity contribution in [2.24, 2.45) is 0 Å². The van der Waals surface area contributed by atoms with Gasteiger partial charge >= 0.3 is 5.97 Å². The number of ether oxygens (including phenoxy) is 1. The second-order valence-corrected chi connectivity index (χ2v) is 7.00.